The van der Waals surface area contributed by atoms with Crippen molar-refractivity contribution < 1.29 is 43.9 Å². The number of aromatic nitrogens is 1. The Morgan fingerprint density at radius 2 is 1.69 bits per heavy atom. The predicted octanol–water partition coefficient (Wildman–Crippen LogP) is 6.82. The first-order valence-corrected chi connectivity index (χ1v) is 13.5. The zero-order valence-corrected chi connectivity index (χ0v) is 22.1. The van der Waals surface area contributed by atoms with Crippen LogP contribution in [0.15, 0.2) is 42.6 Å². The van der Waals surface area contributed by atoms with Crippen LogP contribution in [0.5, 0.6) is 0 Å². The Kier molecular flexibility index (Phi) is 7.58. The fourth-order valence-corrected chi connectivity index (χ4v) is 6.25. The van der Waals surface area contributed by atoms with Crippen molar-refractivity contribution in [2.75, 3.05) is 13.7 Å². The van der Waals surface area contributed by atoms with Crippen LogP contribution < -0.4 is 4.72 Å². The van der Waals surface area contributed by atoms with Crippen LogP contribution in [-0.2, 0) is 27.5 Å². The minimum atomic E-state index is -5.08. The van der Waals surface area contributed by atoms with E-state index in [-0.39, 0.29) is 36.9 Å². The number of nitrogens with one attached hydrogen (secondary N) is 1. The fraction of sp³-hybridized carbons (Fsp3) is 0.462. The van der Waals surface area contributed by atoms with E-state index < -0.39 is 67.2 Å². The highest BCUT2D eigenvalue weighted by molar-refractivity contribution is 7.90. The number of nitrogens with zero attached hydrogens (tertiary/aromatic N) is 1. The van der Waals surface area contributed by atoms with E-state index in [4.69, 9.17) is 4.74 Å². The first-order valence-electron chi connectivity index (χ1n) is 12.0. The predicted molar refractivity (Wildman–Crippen MR) is 132 cm³/mol. The van der Waals surface area contributed by atoms with Gasteiger partial charge in [-0.3, -0.25) is 0 Å². The number of rotatable bonds is 9. The molecule has 1 atom stereocenters. The zero-order valence-electron chi connectivity index (χ0n) is 21.3. The molecule has 4 rings (SSSR count). The number of ether oxygens (including phenoxy) is 1. The van der Waals surface area contributed by atoms with Crippen molar-refractivity contribution in [2.24, 2.45) is 5.41 Å². The molecule has 1 aliphatic carbocycles. The molecule has 1 aliphatic rings. The molecule has 214 valence electrons. The van der Waals surface area contributed by atoms with Gasteiger partial charge in [-0.2, -0.15) is 31.1 Å². The molecule has 1 heterocycles. The first kappa shape index (κ1) is 29.3. The highest BCUT2D eigenvalue weighted by Gasteiger charge is 2.48. The van der Waals surface area contributed by atoms with Crippen molar-refractivity contribution >= 4 is 20.9 Å². The largest absolute Gasteiger partial charge is 0.417 e. The maximum absolute atomic E-state index is 15.4. The fourth-order valence-electron chi connectivity index (χ4n) is 4.71. The average Bonchev–Trinajstić information content (AvgIpc) is 3.61. The Morgan fingerprint density at radius 3 is 2.26 bits per heavy atom. The molecule has 0 amide bonds. The molecular weight excluding hydrogens is 553 g/mol. The van der Waals surface area contributed by atoms with Crippen LogP contribution in [-0.4, -0.2) is 38.1 Å². The number of methoxy groups -OCH3 is 1. The molecule has 0 aliphatic heterocycles. The molecule has 0 radical (unpaired) electrons. The van der Waals surface area contributed by atoms with E-state index in [9.17, 15) is 34.8 Å². The molecule has 3 aromatic rings. The van der Waals surface area contributed by atoms with E-state index in [0.717, 1.165) is 36.5 Å². The molecule has 39 heavy (non-hydrogen) atoms. The SMILES string of the molecule is COCC(C)(C)Cn1cc([C@H](NS(=O)(=O)C2CC2)C(F)(F)F)c2cc(F)c(-c3ccccc3C(F)(F)F)cc21. The third kappa shape index (κ3) is 6.25. The van der Waals surface area contributed by atoms with Gasteiger partial charge in [0, 0.05) is 47.3 Å². The number of halogens is 7. The summed E-state index contributed by atoms with van der Waals surface area (Å²) in [5.41, 5.74) is -3.22. The van der Waals surface area contributed by atoms with Crippen LogP contribution in [0.1, 0.15) is 43.9 Å². The van der Waals surface area contributed by atoms with Gasteiger partial charge in [0.15, 0.2) is 0 Å². The molecule has 1 saturated carbocycles. The number of sulfonamides is 1. The van der Waals surface area contributed by atoms with Crippen molar-refractivity contribution in [3.8, 4) is 11.1 Å². The van der Waals surface area contributed by atoms with E-state index in [0.29, 0.717) is 0 Å². The number of benzene rings is 2. The number of alkyl halides is 6. The van der Waals surface area contributed by atoms with Crippen LogP contribution in [0.25, 0.3) is 22.0 Å². The molecule has 13 heteroatoms. The molecule has 2 aromatic carbocycles. The quantitative estimate of drug-likeness (QED) is 0.283. The molecule has 1 N–H and O–H groups in total. The maximum atomic E-state index is 15.4. The topological polar surface area (TPSA) is 60.3 Å². The van der Waals surface area contributed by atoms with Gasteiger partial charge in [-0.15, -0.1) is 0 Å². The molecule has 0 spiro atoms. The summed E-state index contributed by atoms with van der Waals surface area (Å²) in [5, 5.41) is -1.21. The van der Waals surface area contributed by atoms with Crippen LogP contribution in [0.3, 0.4) is 0 Å². The van der Waals surface area contributed by atoms with Gasteiger partial charge in [-0.1, -0.05) is 32.0 Å². The second kappa shape index (κ2) is 10.1. The summed E-state index contributed by atoms with van der Waals surface area (Å²) in [5.74, 6) is -1.18. The van der Waals surface area contributed by atoms with Gasteiger partial charge in [0.05, 0.1) is 17.4 Å². The van der Waals surface area contributed by atoms with Gasteiger partial charge in [-0.05, 0) is 36.6 Å². The van der Waals surface area contributed by atoms with E-state index in [1.807, 2.05) is 0 Å². The van der Waals surface area contributed by atoms with Gasteiger partial charge in [-0.25, -0.2) is 12.8 Å². The lowest BCUT2D eigenvalue weighted by molar-refractivity contribution is -0.152. The Hall–Kier alpha value is -2.64. The van der Waals surface area contributed by atoms with Crippen molar-refractivity contribution in [2.45, 2.75) is 56.9 Å². The summed E-state index contributed by atoms with van der Waals surface area (Å²) in [6.45, 7) is 3.76. The normalized spacial score (nSPS) is 16.2. The highest BCUT2D eigenvalue weighted by atomic mass is 32.2. The Morgan fingerprint density at radius 1 is 1.05 bits per heavy atom. The second-order valence-corrected chi connectivity index (χ2v) is 12.5. The van der Waals surface area contributed by atoms with E-state index in [2.05, 4.69) is 0 Å². The Balaban J connectivity index is 1.97. The lowest BCUT2D eigenvalue weighted by atomic mass is 9.94. The minimum absolute atomic E-state index is 0.0161. The van der Waals surface area contributed by atoms with Gasteiger partial charge in [0.2, 0.25) is 10.0 Å². The molecule has 0 unspecified atom stereocenters. The van der Waals surface area contributed by atoms with Gasteiger partial charge in [0.25, 0.3) is 0 Å². The third-order valence-electron chi connectivity index (χ3n) is 6.54. The molecule has 1 aromatic heterocycles. The summed E-state index contributed by atoms with van der Waals surface area (Å²) < 4.78 is 133. The number of fused-ring (bicyclic) bond motifs is 1. The monoisotopic (exact) mass is 580 g/mol. The van der Waals surface area contributed by atoms with Gasteiger partial charge in [0.1, 0.15) is 11.9 Å². The van der Waals surface area contributed by atoms with Crippen LogP contribution in [0.4, 0.5) is 30.7 Å². The lowest BCUT2D eigenvalue weighted by Gasteiger charge is -2.25. The van der Waals surface area contributed by atoms with Gasteiger partial charge >= 0.3 is 12.4 Å². The smallest absolute Gasteiger partial charge is 0.384 e. The molecular formula is C26H27F7N2O3S. The molecule has 1 fully saturated rings. The summed E-state index contributed by atoms with van der Waals surface area (Å²) in [4.78, 5) is 0. The summed E-state index contributed by atoms with van der Waals surface area (Å²) in [6, 6.07) is 3.44. The Labute approximate surface area is 221 Å². The molecule has 0 saturated heterocycles. The average molecular weight is 581 g/mol. The Bertz CT molecular complexity index is 1470. The highest BCUT2D eigenvalue weighted by Crippen LogP contribution is 2.43. The van der Waals surface area contributed by atoms with E-state index in [1.54, 1.807) is 18.6 Å². The second-order valence-electron chi connectivity index (χ2n) is 10.5. The lowest BCUT2D eigenvalue weighted by Crippen LogP contribution is -2.39. The standard InChI is InChI=1S/C26H27F7N2O3S/c1-24(2,14-38-3)13-35-12-19(23(26(31,32)33)34-39(36,37)15-8-9-15)18-10-21(27)17(11-22(18)35)16-6-4-5-7-20(16)25(28,29)30/h4-7,10-12,15,23,34H,8-9,13-14H2,1-3H3/t23-/m0/s1. The number of hydrogen-bond donors (Lipinski definition) is 1. The summed E-state index contributed by atoms with van der Waals surface area (Å²) in [6.07, 6.45) is -8.36. The van der Waals surface area contributed by atoms with E-state index >= 15 is 4.39 Å². The van der Waals surface area contributed by atoms with Crippen LogP contribution in [0, 0.1) is 11.2 Å². The van der Waals surface area contributed by atoms with Crippen LogP contribution >= 0.6 is 0 Å². The van der Waals surface area contributed by atoms with E-state index in [1.165, 1.54) is 17.7 Å². The van der Waals surface area contributed by atoms with Gasteiger partial charge < -0.3 is 9.30 Å². The van der Waals surface area contributed by atoms with Crippen molar-refractivity contribution in [1.82, 2.24) is 9.29 Å². The molecule has 5 nitrogen and oxygen atoms in total. The maximum Gasteiger partial charge on any atom is 0.417 e. The van der Waals surface area contributed by atoms with Crippen molar-refractivity contribution in [1.29, 1.82) is 0 Å². The number of hydrogen-bond acceptors (Lipinski definition) is 3. The third-order valence-corrected chi connectivity index (χ3v) is 8.45. The molecule has 0 bridgehead atoms. The van der Waals surface area contributed by atoms with Crippen molar-refractivity contribution in [3.05, 3.63) is 59.5 Å². The summed E-state index contributed by atoms with van der Waals surface area (Å²) in [7, 11) is -2.88. The first-order chi connectivity index (χ1) is 17.9. The zero-order chi connectivity index (χ0) is 29.0. The van der Waals surface area contributed by atoms with Crippen molar-refractivity contribution in [3.63, 3.8) is 0 Å². The minimum Gasteiger partial charge on any atom is -0.384 e. The summed E-state index contributed by atoms with van der Waals surface area (Å²) >= 11 is 0. The van der Waals surface area contributed by atoms with Crippen LogP contribution in [0.2, 0.25) is 0 Å².